The highest BCUT2D eigenvalue weighted by molar-refractivity contribution is 5.19. The van der Waals surface area contributed by atoms with E-state index < -0.39 is 0 Å². The minimum Gasteiger partial charge on any atom is -0.307 e. The van der Waals surface area contributed by atoms with Gasteiger partial charge < -0.3 is 5.01 Å². The van der Waals surface area contributed by atoms with Gasteiger partial charge >= 0.3 is 0 Å². The van der Waals surface area contributed by atoms with Crippen molar-refractivity contribution < 1.29 is 0 Å². The summed E-state index contributed by atoms with van der Waals surface area (Å²) in [4.78, 5) is 0. The molecule has 1 saturated heterocycles. The Hall–Kier alpha value is -0.920. The lowest BCUT2D eigenvalue weighted by Gasteiger charge is -2.43. The zero-order valence-corrected chi connectivity index (χ0v) is 10.3. The maximum Gasteiger partial charge on any atom is 0.0430 e. The van der Waals surface area contributed by atoms with Crippen molar-refractivity contribution in [1.82, 2.24) is 4.68 Å². The fourth-order valence-corrected chi connectivity index (χ4v) is 2.83. The van der Waals surface area contributed by atoms with Crippen LogP contribution in [0.3, 0.4) is 0 Å². The summed E-state index contributed by atoms with van der Waals surface area (Å²) >= 11 is 0. The topological polar surface area (TPSA) is 8.17 Å². The summed E-state index contributed by atoms with van der Waals surface area (Å²) in [6.07, 6.45) is 4.01. The molecular weight excluding hydrogens is 184 g/mol. The second-order valence-corrected chi connectivity index (χ2v) is 4.94. The molecule has 0 N–H and O–H groups in total. The fraction of sp³-hybridized carbons (Fsp3) is 0.692. The summed E-state index contributed by atoms with van der Waals surface area (Å²) < 4.78 is 2.40. The third-order valence-corrected chi connectivity index (χ3v) is 3.61. The van der Waals surface area contributed by atoms with Gasteiger partial charge in [0.2, 0.25) is 0 Å². The highest BCUT2D eigenvalue weighted by atomic mass is 15.6. The Morgan fingerprint density at radius 2 is 1.47 bits per heavy atom. The van der Waals surface area contributed by atoms with Crippen molar-refractivity contribution in [3.8, 4) is 0 Å². The van der Waals surface area contributed by atoms with E-state index in [1.54, 1.807) is 0 Å². The first kappa shape index (κ1) is 10.6. The molecule has 84 valence electrons. The molecule has 1 aliphatic heterocycles. The average molecular weight is 206 g/mol. The van der Waals surface area contributed by atoms with Gasteiger partial charge in [-0.2, -0.15) is 0 Å². The number of aromatic nitrogens is 1. The highest BCUT2D eigenvalue weighted by Gasteiger charge is 2.26. The van der Waals surface area contributed by atoms with Crippen LogP contribution in [0.4, 0.5) is 0 Å². The summed E-state index contributed by atoms with van der Waals surface area (Å²) in [5.74, 6) is 0. The predicted octanol–water partition coefficient (Wildman–Crippen LogP) is 3.00. The van der Waals surface area contributed by atoms with E-state index in [9.17, 15) is 0 Å². The molecule has 0 radical (unpaired) electrons. The van der Waals surface area contributed by atoms with Gasteiger partial charge in [-0.05, 0) is 59.1 Å². The number of piperidine rings is 1. The highest BCUT2D eigenvalue weighted by Crippen LogP contribution is 2.23. The lowest BCUT2D eigenvalue weighted by Crippen LogP contribution is -2.51. The van der Waals surface area contributed by atoms with Gasteiger partial charge in [0.05, 0.1) is 0 Å². The molecule has 2 heterocycles. The maximum absolute atomic E-state index is 2.55. The molecule has 1 aromatic rings. The van der Waals surface area contributed by atoms with Gasteiger partial charge in [-0.1, -0.05) is 0 Å². The van der Waals surface area contributed by atoms with Crippen LogP contribution in [-0.4, -0.2) is 16.8 Å². The minimum absolute atomic E-state index is 0.665. The molecule has 0 bridgehead atoms. The van der Waals surface area contributed by atoms with E-state index >= 15 is 0 Å². The Bertz CT molecular complexity index is 311. The van der Waals surface area contributed by atoms with E-state index in [-0.39, 0.29) is 0 Å². The largest absolute Gasteiger partial charge is 0.307 e. The van der Waals surface area contributed by atoms with E-state index in [1.807, 2.05) is 0 Å². The SMILES string of the molecule is Cc1ccc(C)n1N1C(C)CCCC1C. The van der Waals surface area contributed by atoms with Crippen LogP contribution >= 0.6 is 0 Å². The molecule has 0 amide bonds. The van der Waals surface area contributed by atoms with Crippen molar-refractivity contribution in [2.75, 3.05) is 5.01 Å². The monoisotopic (exact) mass is 206 g/mol. The fourth-order valence-electron chi connectivity index (χ4n) is 2.83. The molecule has 0 aliphatic carbocycles. The molecule has 2 rings (SSSR count). The van der Waals surface area contributed by atoms with E-state index in [4.69, 9.17) is 0 Å². The van der Waals surface area contributed by atoms with Crippen molar-refractivity contribution in [3.05, 3.63) is 23.5 Å². The Balaban J connectivity index is 2.35. The van der Waals surface area contributed by atoms with Gasteiger partial charge in [0.15, 0.2) is 0 Å². The van der Waals surface area contributed by atoms with Gasteiger partial charge in [-0.15, -0.1) is 0 Å². The summed E-state index contributed by atoms with van der Waals surface area (Å²) in [6, 6.07) is 5.75. The van der Waals surface area contributed by atoms with Crippen LogP contribution in [0.25, 0.3) is 0 Å². The molecular formula is C13H22N2. The lowest BCUT2D eigenvalue weighted by atomic mass is 10.00. The van der Waals surface area contributed by atoms with Crippen LogP contribution in [0.1, 0.15) is 44.5 Å². The van der Waals surface area contributed by atoms with Crippen LogP contribution in [-0.2, 0) is 0 Å². The molecule has 2 unspecified atom stereocenters. The predicted molar refractivity (Wildman–Crippen MR) is 64.9 cm³/mol. The first-order valence-electron chi connectivity index (χ1n) is 6.05. The molecule has 2 atom stereocenters. The quantitative estimate of drug-likeness (QED) is 0.685. The molecule has 0 aromatic carbocycles. The Morgan fingerprint density at radius 3 is 1.93 bits per heavy atom. The van der Waals surface area contributed by atoms with Gasteiger partial charge in [0.25, 0.3) is 0 Å². The maximum atomic E-state index is 2.55. The molecule has 2 heteroatoms. The van der Waals surface area contributed by atoms with Crippen LogP contribution in [0.5, 0.6) is 0 Å². The zero-order valence-electron chi connectivity index (χ0n) is 10.3. The summed E-state index contributed by atoms with van der Waals surface area (Å²) in [5.41, 5.74) is 2.71. The molecule has 1 fully saturated rings. The second kappa shape index (κ2) is 3.92. The Labute approximate surface area is 92.9 Å². The lowest BCUT2D eigenvalue weighted by molar-refractivity contribution is 0.330. The van der Waals surface area contributed by atoms with Crippen LogP contribution in [0.15, 0.2) is 12.1 Å². The second-order valence-electron chi connectivity index (χ2n) is 4.94. The zero-order chi connectivity index (χ0) is 11.0. The van der Waals surface area contributed by atoms with Gasteiger partial charge in [0.1, 0.15) is 0 Å². The van der Waals surface area contributed by atoms with Gasteiger partial charge in [0, 0.05) is 23.5 Å². The molecule has 2 nitrogen and oxygen atoms in total. The third-order valence-electron chi connectivity index (χ3n) is 3.61. The molecule has 0 spiro atoms. The van der Waals surface area contributed by atoms with Gasteiger partial charge in [-0.25, -0.2) is 0 Å². The number of aryl methyl sites for hydroxylation is 2. The minimum atomic E-state index is 0.665. The first-order chi connectivity index (χ1) is 7.11. The van der Waals surface area contributed by atoms with Crippen molar-refractivity contribution in [2.45, 2.75) is 59.0 Å². The van der Waals surface area contributed by atoms with Crippen molar-refractivity contribution in [2.24, 2.45) is 0 Å². The number of hydrogen-bond acceptors (Lipinski definition) is 1. The van der Waals surface area contributed by atoms with Crippen LogP contribution < -0.4 is 5.01 Å². The van der Waals surface area contributed by atoms with Gasteiger partial charge in [-0.3, -0.25) is 4.68 Å². The molecule has 0 saturated carbocycles. The van der Waals surface area contributed by atoms with Crippen molar-refractivity contribution >= 4 is 0 Å². The van der Waals surface area contributed by atoms with Crippen LogP contribution in [0, 0.1) is 13.8 Å². The summed E-state index contributed by atoms with van der Waals surface area (Å²) in [5, 5.41) is 2.55. The molecule has 15 heavy (non-hydrogen) atoms. The van der Waals surface area contributed by atoms with Crippen molar-refractivity contribution in [3.63, 3.8) is 0 Å². The van der Waals surface area contributed by atoms with Crippen LogP contribution in [0.2, 0.25) is 0 Å². The van der Waals surface area contributed by atoms with E-state index in [2.05, 4.69) is 49.5 Å². The molecule has 1 aliphatic rings. The summed E-state index contributed by atoms with van der Waals surface area (Å²) in [7, 11) is 0. The Morgan fingerprint density at radius 1 is 1.00 bits per heavy atom. The van der Waals surface area contributed by atoms with E-state index in [0.29, 0.717) is 12.1 Å². The summed E-state index contributed by atoms with van der Waals surface area (Å²) in [6.45, 7) is 9.07. The van der Waals surface area contributed by atoms with Crippen molar-refractivity contribution in [1.29, 1.82) is 0 Å². The Kier molecular flexibility index (Phi) is 2.76. The first-order valence-corrected chi connectivity index (χ1v) is 6.05. The smallest absolute Gasteiger partial charge is 0.0430 e. The number of hydrogen-bond donors (Lipinski definition) is 0. The molecule has 1 aromatic heterocycles. The number of nitrogens with zero attached hydrogens (tertiary/aromatic N) is 2. The average Bonchev–Trinajstić information content (AvgIpc) is 2.49. The van der Waals surface area contributed by atoms with E-state index in [1.165, 1.54) is 30.7 Å². The van der Waals surface area contributed by atoms with E-state index in [0.717, 1.165) is 0 Å². The third kappa shape index (κ3) is 1.77. The standard InChI is InChI=1S/C13H22N2/c1-10-6-5-7-11(2)14(10)15-12(3)8-9-13(15)4/h8-11H,5-7H2,1-4H3. The normalized spacial score (nSPS) is 27.1. The number of rotatable bonds is 1.